The van der Waals surface area contributed by atoms with Crippen LogP contribution >= 0.6 is 34.7 Å². The van der Waals surface area contributed by atoms with Crippen molar-refractivity contribution in [1.82, 2.24) is 15.3 Å². The average Bonchev–Trinajstić information content (AvgIpc) is 3.54. The zero-order valence-corrected chi connectivity index (χ0v) is 26.8. The molecule has 0 saturated heterocycles. The number of pyridine rings is 1. The zero-order valence-electron chi connectivity index (χ0n) is 24.4. The van der Waals surface area contributed by atoms with Gasteiger partial charge in [-0.2, -0.15) is 5.26 Å². The molecule has 1 atom stereocenters. The SMILES string of the molecule is [C-]#[N+]c1c(N)nc(SCc2csc(-c3ccc(Cl)cc3)n2)c(C#N)c1-c1ccc(OCCOC(=O)[C@@H](N)CC(=O)NCCN)cc1. The van der Waals surface area contributed by atoms with E-state index in [-0.39, 0.29) is 43.2 Å². The van der Waals surface area contributed by atoms with Crippen LogP contribution in [0.3, 0.4) is 0 Å². The van der Waals surface area contributed by atoms with Crippen LogP contribution in [0.4, 0.5) is 11.5 Å². The number of esters is 1. The first-order valence-electron chi connectivity index (χ1n) is 13.8. The Morgan fingerprint density at radius 2 is 1.85 bits per heavy atom. The van der Waals surface area contributed by atoms with Crippen molar-refractivity contribution < 1.29 is 19.1 Å². The van der Waals surface area contributed by atoms with Gasteiger partial charge in [-0.25, -0.2) is 14.8 Å². The van der Waals surface area contributed by atoms with Gasteiger partial charge in [0.25, 0.3) is 0 Å². The summed E-state index contributed by atoms with van der Waals surface area (Å²) in [5, 5.41) is 16.5. The molecule has 12 nitrogen and oxygen atoms in total. The highest BCUT2D eigenvalue weighted by Crippen LogP contribution is 2.42. The molecule has 0 saturated carbocycles. The lowest BCUT2D eigenvalue weighted by molar-refractivity contribution is -0.147. The highest BCUT2D eigenvalue weighted by atomic mass is 35.5. The number of nitriles is 1. The molecule has 236 valence electrons. The number of amides is 1. The molecule has 2 heterocycles. The van der Waals surface area contributed by atoms with Crippen LogP contribution in [0.25, 0.3) is 26.5 Å². The highest BCUT2D eigenvalue weighted by Gasteiger charge is 2.22. The fourth-order valence-corrected chi connectivity index (χ4v) is 6.05. The van der Waals surface area contributed by atoms with E-state index in [0.717, 1.165) is 16.3 Å². The van der Waals surface area contributed by atoms with E-state index < -0.39 is 17.9 Å². The summed E-state index contributed by atoms with van der Waals surface area (Å²) < 4.78 is 10.8. The average molecular weight is 677 g/mol. The molecule has 0 bridgehead atoms. The number of carbonyl (C=O) groups is 2. The molecular weight excluding hydrogens is 648 g/mol. The summed E-state index contributed by atoms with van der Waals surface area (Å²) in [4.78, 5) is 36.4. The standard InChI is InChI=1S/C31H29ClN8O4S2/c1-37-27-26(18-4-8-22(9-5-18)43-12-13-44-31(42)24(35)14-25(41)38-11-10-33)23(15-34)30(40-28(27)36)46-17-21-16-45-29(39-21)19-2-6-20(32)7-3-19/h2-9,16,24H,10-14,17,33,35H2,(H2,36,40)(H,38,41)/t24-/m0/s1. The van der Waals surface area contributed by atoms with Gasteiger partial charge >= 0.3 is 5.97 Å². The number of nitrogen functional groups attached to an aromatic ring is 1. The molecule has 0 fully saturated rings. The predicted molar refractivity (Wildman–Crippen MR) is 178 cm³/mol. The summed E-state index contributed by atoms with van der Waals surface area (Å²) in [7, 11) is 0. The number of anilines is 1. The van der Waals surface area contributed by atoms with Gasteiger partial charge in [-0.1, -0.05) is 47.6 Å². The van der Waals surface area contributed by atoms with Crippen LogP contribution in [-0.2, 0) is 20.1 Å². The van der Waals surface area contributed by atoms with Gasteiger partial charge in [0.1, 0.15) is 46.9 Å². The van der Waals surface area contributed by atoms with Gasteiger partial charge in [0.05, 0.1) is 24.3 Å². The number of thioether (sulfide) groups is 1. The molecule has 7 N–H and O–H groups in total. The van der Waals surface area contributed by atoms with Gasteiger partial charge in [-0.15, -0.1) is 11.3 Å². The van der Waals surface area contributed by atoms with Crippen LogP contribution in [-0.4, -0.2) is 54.2 Å². The van der Waals surface area contributed by atoms with Crippen molar-refractivity contribution in [2.75, 3.05) is 32.0 Å². The second-order valence-electron chi connectivity index (χ2n) is 9.55. The largest absolute Gasteiger partial charge is 0.490 e. The molecule has 2 aromatic carbocycles. The molecule has 0 aliphatic carbocycles. The van der Waals surface area contributed by atoms with E-state index in [0.29, 0.717) is 39.2 Å². The quantitative estimate of drug-likeness (QED) is 0.0633. The summed E-state index contributed by atoms with van der Waals surface area (Å²) in [5.74, 6) is -0.199. The number of rotatable bonds is 14. The van der Waals surface area contributed by atoms with Crippen molar-refractivity contribution in [3.63, 3.8) is 0 Å². The van der Waals surface area contributed by atoms with Crippen molar-refractivity contribution >= 4 is 58.1 Å². The Hall–Kier alpha value is -4.70. The number of nitrogens with one attached hydrogen (secondary N) is 1. The Morgan fingerprint density at radius 1 is 1.13 bits per heavy atom. The van der Waals surface area contributed by atoms with E-state index in [1.807, 2.05) is 29.6 Å². The van der Waals surface area contributed by atoms with Gasteiger partial charge < -0.3 is 32.0 Å². The third-order valence-electron chi connectivity index (χ3n) is 6.30. The summed E-state index contributed by atoms with van der Waals surface area (Å²) in [6.07, 6.45) is -0.214. The topological polar surface area (TPSA) is 197 Å². The Labute approximate surface area is 278 Å². The first kappa shape index (κ1) is 34.2. The highest BCUT2D eigenvalue weighted by molar-refractivity contribution is 7.98. The Kier molecular flexibility index (Phi) is 12.3. The number of ether oxygens (including phenoxy) is 2. The molecule has 0 spiro atoms. The molecule has 0 aliphatic rings. The summed E-state index contributed by atoms with van der Waals surface area (Å²) in [5.41, 5.74) is 20.3. The van der Waals surface area contributed by atoms with E-state index in [9.17, 15) is 14.9 Å². The van der Waals surface area contributed by atoms with Gasteiger partial charge in [-0.05, 0) is 29.8 Å². The number of halogens is 1. The third kappa shape index (κ3) is 8.94. The second-order valence-corrected chi connectivity index (χ2v) is 11.8. The Morgan fingerprint density at radius 3 is 2.52 bits per heavy atom. The van der Waals surface area contributed by atoms with Gasteiger partial charge in [-0.3, -0.25) is 9.59 Å². The van der Waals surface area contributed by atoms with E-state index in [1.165, 1.54) is 23.1 Å². The van der Waals surface area contributed by atoms with Crippen molar-refractivity contribution in [1.29, 1.82) is 5.26 Å². The molecule has 0 aliphatic heterocycles. The maximum Gasteiger partial charge on any atom is 0.323 e. The summed E-state index contributed by atoms with van der Waals surface area (Å²) in [6, 6.07) is 15.3. The number of thiazole rings is 1. The van der Waals surface area contributed by atoms with Crippen LogP contribution in [0.5, 0.6) is 5.75 Å². The van der Waals surface area contributed by atoms with Gasteiger partial charge in [0, 0.05) is 40.4 Å². The fraction of sp³-hybridized carbons (Fsp3) is 0.226. The lowest BCUT2D eigenvalue weighted by atomic mass is 10.00. The number of hydrogen-bond acceptors (Lipinski definition) is 12. The summed E-state index contributed by atoms with van der Waals surface area (Å²) in [6.45, 7) is 8.23. The zero-order chi connectivity index (χ0) is 33.1. The normalized spacial score (nSPS) is 11.2. The van der Waals surface area contributed by atoms with Crippen LogP contribution in [0.15, 0.2) is 58.9 Å². The molecular formula is C31H29ClN8O4S2. The van der Waals surface area contributed by atoms with Crippen LogP contribution in [0, 0.1) is 17.9 Å². The minimum Gasteiger partial charge on any atom is -0.490 e. The van der Waals surface area contributed by atoms with E-state index >= 15 is 0 Å². The Bertz CT molecular complexity index is 1770. The minimum atomic E-state index is -1.10. The molecule has 4 rings (SSSR count). The molecule has 1 amide bonds. The van der Waals surface area contributed by atoms with Gasteiger partial charge in [0.2, 0.25) is 11.6 Å². The first-order chi connectivity index (χ1) is 22.2. The fourth-order valence-electron chi connectivity index (χ4n) is 4.11. The Balaban J connectivity index is 1.40. The van der Waals surface area contributed by atoms with Gasteiger partial charge in [0.15, 0.2) is 0 Å². The summed E-state index contributed by atoms with van der Waals surface area (Å²) >= 11 is 8.81. The molecule has 0 radical (unpaired) electrons. The van der Waals surface area contributed by atoms with E-state index in [2.05, 4.69) is 21.2 Å². The maximum absolute atomic E-state index is 12.1. The molecule has 2 aromatic heterocycles. The molecule has 0 unspecified atom stereocenters. The number of nitrogens with two attached hydrogens (primary N) is 3. The smallest absolute Gasteiger partial charge is 0.323 e. The van der Waals surface area contributed by atoms with Crippen LogP contribution in [0.1, 0.15) is 17.7 Å². The number of benzene rings is 2. The predicted octanol–water partition coefficient (Wildman–Crippen LogP) is 4.54. The number of nitrogens with zero attached hydrogens (tertiary/aromatic N) is 4. The van der Waals surface area contributed by atoms with Crippen LogP contribution < -0.4 is 27.3 Å². The number of carbonyl (C=O) groups excluding carboxylic acids is 2. The maximum atomic E-state index is 12.1. The second kappa shape index (κ2) is 16.6. The molecule has 15 heteroatoms. The molecule has 4 aromatic rings. The van der Waals surface area contributed by atoms with Crippen molar-refractivity contribution in [2.24, 2.45) is 11.5 Å². The molecule has 46 heavy (non-hydrogen) atoms. The van der Waals surface area contributed by atoms with E-state index in [1.54, 1.807) is 24.3 Å². The van der Waals surface area contributed by atoms with E-state index in [4.69, 9.17) is 49.8 Å². The third-order valence-corrected chi connectivity index (χ3v) is 8.50. The van der Waals surface area contributed by atoms with Crippen molar-refractivity contribution in [3.05, 3.63) is 81.6 Å². The van der Waals surface area contributed by atoms with Crippen molar-refractivity contribution in [2.45, 2.75) is 23.2 Å². The van der Waals surface area contributed by atoms with Crippen LogP contribution in [0.2, 0.25) is 5.02 Å². The monoisotopic (exact) mass is 676 g/mol. The lowest BCUT2D eigenvalue weighted by Gasteiger charge is -2.14. The first-order valence-corrected chi connectivity index (χ1v) is 16.0. The van der Waals surface area contributed by atoms with Crippen molar-refractivity contribution in [3.8, 4) is 33.5 Å². The lowest BCUT2D eigenvalue weighted by Crippen LogP contribution is -2.39. The number of hydrogen-bond donors (Lipinski definition) is 4. The minimum absolute atomic E-state index is 0.0174. The number of aromatic nitrogens is 2.